The van der Waals surface area contributed by atoms with Gasteiger partial charge in [-0.3, -0.25) is 14.4 Å². The van der Waals surface area contributed by atoms with Gasteiger partial charge in [0.15, 0.2) is 6.10 Å². The lowest BCUT2D eigenvalue weighted by Crippen LogP contribution is -2.30. The van der Waals surface area contributed by atoms with Gasteiger partial charge < -0.3 is 14.2 Å². The number of carbonyl (C=O) groups excluding carboxylic acids is 3. The van der Waals surface area contributed by atoms with E-state index in [1.165, 1.54) is 83.5 Å². The maximum Gasteiger partial charge on any atom is 0.306 e. The Morgan fingerprint density at radius 2 is 0.750 bits per heavy atom. The van der Waals surface area contributed by atoms with Gasteiger partial charge in [-0.15, -0.1) is 0 Å². The van der Waals surface area contributed by atoms with E-state index in [2.05, 4.69) is 57.2 Å². The highest BCUT2D eigenvalue weighted by Crippen LogP contribution is 2.14. The van der Waals surface area contributed by atoms with Crippen molar-refractivity contribution in [1.29, 1.82) is 0 Å². The van der Waals surface area contributed by atoms with Crippen LogP contribution in [-0.2, 0) is 28.6 Å². The molecule has 0 heterocycles. The number of ether oxygens (including phenoxy) is 3. The molecule has 0 amide bonds. The molecule has 1 unspecified atom stereocenters. The van der Waals surface area contributed by atoms with E-state index in [1.807, 2.05) is 0 Å². The third-order valence-electron chi connectivity index (χ3n) is 9.38. The number of unbranched alkanes of at least 4 members (excludes halogenated alkanes) is 22. The lowest BCUT2D eigenvalue weighted by atomic mass is 10.1. The molecule has 6 heteroatoms. The monoisotopic (exact) mass is 731 g/mol. The van der Waals surface area contributed by atoms with Gasteiger partial charge in [0.2, 0.25) is 0 Å². The van der Waals surface area contributed by atoms with E-state index in [0.29, 0.717) is 19.3 Å². The lowest BCUT2D eigenvalue weighted by Gasteiger charge is -2.18. The average molecular weight is 731 g/mol. The van der Waals surface area contributed by atoms with Crippen molar-refractivity contribution in [2.75, 3.05) is 13.2 Å². The third-order valence-corrected chi connectivity index (χ3v) is 9.38. The van der Waals surface area contributed by atoms with E-state index < -0.39 is 6.10 Å². The van der Waals surface area contributed by atoms with Crippen molar-refractivity contribution < 1.29 is 28.6 Å². The first kappa shape index (κ1) is 49.6. The van der Waals surface area contributed by atoms with Crippen molar-refractivity contribution in [2.24, 2.45) is 0 Å². The van der Waals surface area contributed by atoms with Crippen molar-refractivity contribution >= 4 is 17.9 Å². The standard InChI is InChI=1S/C46H82O6/c1-4-7-10-13-16-19-22-24-27-30-33-36-39-45(48)51-42-43(41-50-44(47)38-35-32-29-26-21-18-15-12-9-6-3)52-46(49)40-37-34-31-28-25-23-20-17-14-11-8-5-2/h7,10,16-17,19-20,43H,4-6,8-9,11-15,18,21-42H2,1-3H3/b10-7-,19-16-,20-17-. The van der Waals surface area contributed by atoms with Gasteiger partial charge in [0.05, 0.1) is 0 Å². The quantitative estimate of drug-likeness (QED) is 0.0271. The lowest BCUT2D eigenvalue weighted by molar-refractivity contribution is -0.167. The van der Waals surface area contributed by atoms with Crippen LogP contribution in [0, 0.1) is 0 Å². The number of carbonyl (C=O) groups is 3. The highest BCUT2D eigenvalue weighted by molar-refractivity contribution is 5.71. The molecule has 0 radical (unpaired) electrons. The molecule has 0 aromatic heterocycles. The van der Waals surface area contributed by atoms with Crippen LogP contribution in [0.5, 0.6) is 0 Å². The zero-order valence-corrected chi connectivity index (χ0v) is 34.3. The summed E-state index contributed by atoms with van der Waals surface area (Å²) in [5.74, 6) is -0.905. The van der Waals surface area contributed by atoms with Crippen LogP contribution in [0.25, 0.3) is 0 Å². The van der Waals surface area contributed by atoms with Crippen molar-refractivity contribution in [3.8, 4) is 0 Å². The summed E-state index contributed by atoms with van der Waals surface area (Å²) in [6.07, 6.45) is 45.5. The van der Waals surface area contributed by atoms with Crippen molar-refractivity contribution in [3.05, 3.63) is 36.5 Å². The van der Waals surface area contributed by atoms with Crippen molar-refractivity contribution in [1.82, 2.24) is 0 Å². The van der Waals surface area contributed by atoms with E-state index in [4.69, 9.17) is 14.2 Å². The summed E-state index contributed by atoms with van der Waals surface area (Å²) in [6, 6.07) is 0. The molecule has 0 aliphatic rings. The molecule has 0 rings (SSSR count). The second-order valence-electron chi connectivity index (χ2n) is 14.6. The second kappa shape index (κ2) is 41.4. The minimum absolute atomic E-state index is 0.0785. The van der Waals surface area contributed by atoms with E-state index in [-0.39, 0.29) is 31.1 Å². The fourth-order valence-corrected chi connectivity index (χ4v) is 6.06. The maximum atomic E-state index is 12.7. The molecular weight excluding hydrogens is 648 g/mol. The summed E-state index contributed by atoms with van der Waals surface area (Å²) < 4.78 is 16.6. The van der Waals surface area contributed by atoms with E-state index in [0.717, 1.165) is 96.3 Å². The highest BCUT2D eigenvalue weighted by atomic mass is 16.6. The molecule has 0 aromatic rings. The largest absolute Gasteiger partial charge is 0.462 e. The molecule has 0 saturated heterocycles. The predicted molar refractivity (Wildman–Crippen MR) is 219 cm³/mol. The fourth-order valence-electron chi connectivity index (χ4n) is 6.06. The highest BCUT2D eigenvalue weighted by Gasteiger charge is 2.19. The Hall–Kier alpha value is -2.37. The zero-order valence-electron chi connectivity index (χ0n) is 34.3. The van der Waals surface area contributed by atoms with E-state index in [9.17, 15) is 14.4 Å². The third kappa shape index (κ3) is 38.9. The van der Waals surface area contributed by atoms with Gasteiger partial charge in [-0.2, -0.15) is 0 Å². The molecule has 0 spiro atoms. The first-order valence-electron chi connectivity index (χ1n) is 22.0. The van der Waals surface area contributed by atoms with E-state index in [1.54, 1.807) is 0 Å². The van der Waals surface area contributed by atoms with Crippen LogP contribution < -0.4 is 0 Å². The van der Waals surface area contributed by atoms with E-state index >= 15 is 0 Å². The molecule has 0 bridgehead atoms. The number of esters is 3. The predicted octanol–water partition coefficient (Wildman–Crippen LogP) is 13.8. The first-order chi connectivity index (χ1) is 25.5. The Balaban J connectivity index is 4.40. The summed E-state index contributed by atoms with van der Waals surface area (Å²) in [7, 11) is 0. The summed E-state index contributed by atoms with van der Waals surface area (Å²) in [6.45, 7) is 6.46. The molecule has 0 aliphatic heterocycles. The van der Waals surface area contributed by atoms with Crippen LogP contribution in [0.2, 0.25) is 0 Å². The molecule has 0 aromatic carbocycles. The minimum atomic E-state index is -0.775. The maximum absolute atomic E-state index is 12.7. The first-order valence-corrected chi connectivity index (χ1v) is 22.0. The Bertz CT molecular complexity index is 891. The van der Waals surface area contributed by atoms with Crippen molar-refractivity contribution in [2.45, 2.75) is 226 Å². The minimum Gasteiger partial charge on any atom is -0.462 e. The van der Waals surface area contributed by atoms with Gasteiger partial charge in [-0.1, -0.05) is 166 Å². The Morgan fingerprint density at radius 3 is 1.21 bits per heavy atom. The van der Waals surface area contributed by atoms with Crippen LogP contribution in [0.4, 0.5) is 0 Å². The SMILES string of the molecule is CC/C=C\C/C=C\CCCCCCCC(=O)OCC(COC(=O)CCCCCCCCCCCC)OC(=O)CCCCCCC/C=C\CCCCC. The fraction of sp³-hybridized carbons (Fsp3) is 0.804. The van der Waals surface area contributed by atoms with Crippen LogP contribution in [0.15, 0.2) is 36.5 Å². The smallest absolute Gasteiger partial charge is 0.306 e. The topological polar surface area (TPSA) is 78.9 Å². The number of hydrogen-bond donors (Lipinski definition) is 0. The second-order valence-corrected chi connectivity index (χ2v) is 14.6. The van der Waals surface area contributed by atoms with Crippen LogP contribution in [0.3, 0.4) is 0 Å². The summed E-state index contributed by atoms with van der Waals surface area (Å²) in [4.78, 5) is 37.6. The Labute approximate surface area is 321 Å². The molecule has 6 nitrogen and oxygen atoms in total. The molecule has 0 saturated carbocycles. The van der Waals surface area contributed by atoms with Crippen LogP contribution in [0.1, 0.15) is 220 Å². The van der Waals surface area contributed by atoms with Crippen LogP contribution >= 0.6 is 0 Å². The Kier molecular flexibility index (Phi) is 39.5. The van der Waals surface area contributed by atoms with Gasteiger partial charge in [-0.05, 0) is 70.6 Å². The van der Waals surface area contributed by atoms with Gasteiger partial charge in [-0.25, -0.2) is 0 Å². The van der Waals surface area contributed by atoms with Gasteiger partial charge in [0.1, 0.15) is 13.2 Å². The van der Waals surface area contributed by atoms with Crippen LogP contribution in [-0.4, -0.2) is 37.2 Å². The molecule has 1 atom stereocenters. The average Bonchev–Trinajstić information content (AvgIpc) is 3.14. The normalized spacial score (nSPS) is 12.3. The summed E-state index contributed by atoms with van der Waals surface area (Å²) >= 11 is 0. The van der Waals surface area contributed by atoms with Gasteiger partial charge >= 0.3 is 17.9 Å². The molecular formula is C46H82O6. The van der Waals surface area contributed by atoms with Crippen molar-refractivity contribution in [3.63, 3.8) is 0 Å². The van der Waals surface area contributed by atoms with Gasteiger partial charge in [0.25, 0.3) is 0 Å². The number of hydrogen-bond acceptors (Lipinski definition) is 6. The summed E-state index contributed by atoms with van der Waals surface area (Å²) in [5.41, 5.74) is 0. The molecule has 0 N–H and O–H groups in total. The molecule has 0 fully saturated rings. The van der Waals surface area contributed by atoms with Gasteiger partial charge in [0, 0.05) is 19.3 Å². The molecule has 0 aliphatic carbocycles. The number of allylic oxidation sites excluding steroid dienone is 6. The molecule has 52 heavy (non-hydrogen) atoms. The number of rotatable bonds is 39. The zero-order chi connectivity index (χ0) is 38.0. The summed E-state index contributed by atoms with van der Waals surface area (Å²) in [5, 5.41) is 0. The Morgan fingerprint density at radius 1 is 0.404 bits per heavy atom. The molecule has 302 valence electrons.